The predicted octanol–water partition coefficient (Wildman–Crippen LogP) is 0.568. The maximum absolute atomic E-state index is 11.8. The van der Waals surface area contributed by atoms with E-state index >= 15 is 0 Å². The van der Waals surface area contributed by atoms with Crippen LogP contribution in [0.25, 0.3) is 0 Å². The van der Waals surface area contributed by atoms with Crippen LogP contribution >= 0.6 is 0 Å². The van der Waals surface area contributed by atoms with Crippen LogP contribution in [0.5, 0.6) is 0 Å². The molecule has 2 aliphatic heterocycles. The molecule has 2 heterocycles. The summed E-state index contributed by atoms with van der Waals surface area (Å²) in [6, 6.07) is 7.71. The molecule has 1 aromatic rings. The summed E-state index contributed by atoms with van der Waals surface area (Å²) in [7, 11) is 0. The number of imide groups is 1. The minimum Gasteiger partial charge on any atom is -0.374 e. The third-order valence-corrected chi connectivity index (χ3v) is 4.98. The standard InChI is InChI=1S/C18H24N4O3/c19-11-17(24)22-9-7-13(8-10-22)12-1-3-14(4-2-12)20-15-5-6-16(23)21-18(15)25/h1-4,13,15,20H,5-11,19H2,(H,21,23,25). The van der Waals surface area contributed by atoms with E-state index < -0.39 is 0 Å². The van der Waals surface area contributed by atoms with E-state index in [9.17, 15) is 14.4 Å². The normalized spacial score (nSPS) is 21.8. The number of nitrogens with zero attached hydrogens (tertiary/aromatic N) is 1. The molecule has 3 rings (SSSR count). The lowest BCUT2D eigenvalue weighted by molar-refractivity contribution is -0.134. The first kappa shape index (κ1) is 17.4. The van der Waals surface area contributed by atoms with Gasteiger partial charge in [0.05, 0.1) is 6.54 Å². The number of rotatable bonds is 4. The van der Waals surface area contributed by atoms with Crippen LogP contribution < -0.4 is 16.4 Å². The quantitative estimate of drug-likeness (QED) is 0.693. The monoisotopic (exact) mass is 344 g/mol. The average Bonchev–Trinajstić information content (AvgIpc) is 2.64. The molecule has 0 spiro atoms. The molecule has 1 atom stereocenters. The molecular weight excluding hydrogens is 320 g/mol. The summed E-state index contributed by atoms with van der Waals surface area (Å²) < 4.78 is 0. The van der Waals surface area contributed by atoms with Gasteiger partial charge in [-0.1, -0.05) is 12.1 Å². The largest absolute Gasteiger partial charge is 0.374 e. The average molecular weight is 344 g/mol. The SMILES string of the molecule is NCC(=O)N1CCC(c2ccc(NC3CCC(=O)NC3=O)cc2)CC1. The molecular formula is C18H24N4O3. The Morgan fingerprint density at radius 3 is 2.44 bits per heavy atom. The van der Waals surface area contributed by atoms with Gasteiger partial charge >= 0.3 is 0 Å². The van der Waals surface area contributed by atoms with Gasteiger partial charge in [-0.3, -0.25) is 19.7 Å². The second-order valence-electron chi connectivity index (χ2n) is 6.63. The van der Waals surface area contributed by atoms with Crippen molar-refractivity contribution < 1.29 is 14.4 Å². The molecule has 2 saturated heterocycles. The van der Waals surface area contributed by atoms with Gasteiger partial charge in [-0.05, 0) is 42.9 Å². The third kappa shape index (κ3) is 4.17. The highest BCUT2D eigenvalue weighted by Gasteiger charge is 2.26. The van der Waals surface area contributed by atoms with Crippen LogP contribution in [0.15, 0.2) is 24.3 Å². The molecule has 0 saturated carbocycles. The number of hydrogen-bond donors (Lipinski definition) is 3. The lowest BCUT2D eigenvalue weighted by Gasteiger charge is -2.32. The zero-order valence-corrected chi connectivity index (χ0v) is 14.2. The van der Waals surface area contributed by atoms with Crippen LogP contribution in [0.1, 0.15) is 37.2 Å². The van der Waals surface area contributed by atoms with Gasteiger partial charge in [-0.2, -0.15) is 0 Å². The maximum Gasteiger partial charge on any atom is 0.249 e. The van der Waals surface area contributed by atoms with Crippen LogP contribution in [0, 0.1) is 0 Å². The smallest absolute Gasteiger partial charge is 0.249 e. The number of amides is 3. The van der Waals surface area contributed by atoms with Crippen molar-refractivity contribution in [2.45, 2.75) is 37.6 Å². The fourth-order valence-corrected chi connectivity index (χ4v) is 3.48. The zero-order chi connectivity index (χ0) is 17.8. The minimum atomic E-state index is -0.367. The van der Waals surface area contributed by atoms with E-state index in [0.29, 0.717) is 18.8 Å². The van der Waals surface area contributed by atoms with Gasteiger partial charge in [0, 0.05) is 25.2 Å². The summed E-state index contributed by atoms with van der Waals surface area (Å²) >= 11 is 0. The van der Waals surface area contributed by atoms with Crippen molar-refractivity contribution in [2.24, 2.45) is 5.73 Å². The molecule has 1 aromatic carbocycles. The van der Waals surface area contributed by atoms with E-state index in [1.807, 2.05) is 17.0 Å². The molecule has 134 valence electrons. The van der Waals surface area contributed by atoms with Crippen LogP contribution in [0.3, 0.4) is 0 Å². The summed E-state index contributed by atoms with van der Waals surface area (Å²) in [6.45, 7) is 1.57. The highest BCUT2D eigenvalue weighted by Crippen LogP contribution is 2.29. The Kier molecular flexibility index (Phi) is 5.33. The lowest BCUT2D eigenvalue weighted by atomic mass is 9.89. The Bertz CT molecular complexity index is 651. The maximum atomic E-state index is 11.8. The van der Waals surface area contributed by atoms with E-state index in [4.69, 9.17) is 5.73 Å². The predicted molar refractivity (Wildman–Crippen MR) is 93.8 cm³/mol. The second-order valence-corrected chi connectivity index (χ2v) is 6.63. The van der Waals surface area contributed by atoms with E-state index in [1.54, 1.807) is 0 Å². The van der Waals surface area contributed by atoms with Crippen LogP contribution in [-0.2, 0) is 14.4 Å². The third-order valence-electron chi connectivity index (χ3n) is 4.98. The van der Waals surface area contributed by atoms with Gasteiger partial charge in [0.15, 0.2) is 0 Å². The summed E-state index contributed by atoms with van der Waals surface area (Å²) in [5.41, 5.74) is 7.53. The first-order valence-corrected chi connectivity index (χ1v) is 8.75. The van der Waals surface area contributed by atoms with E-state index in [-0.39, 0.29) is 30.3 Å². The van der Waals surface area contributed by atoms with Crippen LogP contribution in [0.2, 0.25) is 0 Å². The highest BCUT2D eigenvalue weighted by molar-refractivity contribution is 6.01. The number of nitrogens with one attached hydrogen (secondary N) is 2. The number of hydrogen-bond acceptors (Lipinski definition) is 5. The number of likely N-dealkylation sites (tertiary alicyclic amines) is 1. The van der Waals surface area contributed by atoms with Crippen molar-refractivity contribution in [1.29, 1.82) is 0 Å². The van der Waals surface area contributed by atoms with Crippen LogP contribution in [0.4, 0.5) is 5.69 Å². The summed E-state index contributed by atoms with van der Waals surface area (Å²) in [6.07, 6.45) is 2.75. The Morgan fingerprint density at radius 1 is 1.16 bits per heavy atom. The molecule has 7 nitrogen and oxygen atoms in total. The van der Waals surface area contributed by atoms with Gasteiger partial charge < -0.3 is 16.0 Å². The Hall–Kier alpha value is -2.41. The molecule has 2 fully saturated rings. The summed E-state index contributed by atoms with van der Waals surface area (Å²) in [4.78, 5) is 36.4. The van der Waals surface area contributed by atoms with E-state index in [2.05, 4.69) is 22.8 Å². The van der Waals surface area contributed by atoms with E-state index in [0.717, 1.165) is 31.6 Å². The van der Waals surface area contributed by atoms with Crippen molar-refractivity contribution >= 4 is 23.4 Å². The number of benzene rings is 1. The Labute approximate surface area is 146 Å². The highest BCUT2D eigenvalue weighted by atomic mass is 16.2. The topological polar surface area (TPSA) is 105 Å². The first-order valence-electron chi connectivity index (χ1n) is 8.75. The van der Waals surface area contributed by atoms with Gasteiger partial charge in [-0.15, -0.1) is 0 Å². The van der Waals surface area contributed by atoms with E-state index in [1.165, 1.54) is 5.56 Å². The van der Waals surface area contributed by atoms with Crippen molar-refractivity contribution in [3.05, 3.63) is 29.8 Å². The molecule has 0 aromatic heterocycles. The molecule has 2 aliphatic rings. The Morgan fingerprint density at radius 2 is 1.84 bits per heavy atom. The molecule has 4 N–H and O–H groups in total. The fraction of sp³-hybridized carbons (Fsp3) is 0.500. The number of piperidine rings is 2. The van der Waals surface area contributed by atoms with Crippen molar-refractivity contribution in [1.82, 2.24) is 10.2 Å². The van der Waals surface area contributed by atoms with Crippen molar-refractivity contribution in [2.75, 3.05) is 25.0 Å². The lowest BCUT2D eigenvalue weighted by Crippen LogP contribution is -2.47. The van der Waals surface area contributed by atoms with Gasteiger partial charge in [0.2, 0.25) is 17.7 Å². The van der Waals surface area contributed by atoms with Gasteiger partial charge in [-0.25, -0.2) is 0 Å². The summed E-state index contributed by atoms with van der Waals surface area (Å²) in [5, 5.41) is 5.53. The number of anilines is 1. The number of nitrogens with two attached hydrogens (primary N) is 1. The molecule has 0 bridgehead atoms. The fourth-order valence-electron chi connectivity index (χ4n) is 3.48. The Balaban J connectivity index is 1.55. The van der Waals surface area contributed by atoms with Crippen molar-refractivity contribution in [3.8, 4) is 0 Å². The molecule has 0 aliphatic carbocycles. The minimum absolute atomic E-state index is 0.0160. The van der Waals surface area contributed by atoms with Gasteiger partial charge in [0.1, 0.15) is 6.04 Å². The number of carbonyl (C=O) groups excluding carboxylic acids is 3. The zero-order valence-electron chi connectivity index (χ0n) is 14.2. The molecule has 3 amide bonds. The van der Waals surface area contributed by atoms with Crippen molar-refractivity contribution in [3.63, 3.8) is 0 Å². The molecule has 7 heteroatoms. The first-order chi connectivity index (χ1) is 12.1. The summed E-state index contributed by atoms with van der Waals surface area (Å²) in [5.74, 6) is -0.0242. The molecule has 25 heavy (non-hydrogen) atoms. The molecule has 1 unspecified atom stereocenters. The molecule has 0 radical (unpaired) electrons. The van der Waals surface area contributed by atoms with Gasteiger partial charge in [0.25, 0.3) is 0 Å². The second kappa shape index (κ2) is 7.65. The number of carbonyl (C=O) groups is 3. The van der Waals surface area contributed by atoms with Crippen LogP contribution in [-0.4, -0.2) is 48.3 Å².